The standard InChI is InChI=1S/C20H31FN4O2/c1-4-15(5-2)19(25-10-6-7-11-25)13-22-20(27)24-18-12-16(23-14(3)26)8-9-17(18)21/h8-9,12,15,19H,4-7,10-11,13H2,1-3H3,(H,23,26)(H2,22,24,27)/t19-/m0/s1. The van der Waals surface area contributed by atoms with Gasteiger partial charge in [0, 0.05) is 25.2 Å². The van der Waals surface area contributed by atoms with Gasteiger partial charge in [0.15, 0.2) is 0 Å². The molecule has 0 aromatic heterocycles. The number of rotatable bonds is 8. The van der Waals surface area contributed by atoms with Gasteiger partial charge < -0.3 is 16.0 Å². The van der Waals surface area contributed by atoms with Crippen molar-refractivity contribution in [2.75, 3.05) is 30.3 Å². The number of nitrogens with one attached hydrogen (secondary N) is 3. The van der Waals surface area contributed by atoms with Crippen LogP contribution in [0.1, 0.15) is 46.5 Å². The van der Waals surface area contributed by atoms with Crippen LogP contribution >= 0.6 is 0 Å². The second kappa shape index (κ2) is 10.3. The molecule has 27 heavy (non-hydrogen) atoms. The van der Waals surface area contributed by atoms with Gasteiger partial charge in [-0.25, -0.2) is 9.18 Å². The highest BCUT2D eigenvalue weighted by molar-refractivity contribution is 5.92. The molecule has 3 amide bonds. The minimum Gasteiger partial charge on any atom is -0.336 e. The van der Waals surface area contributed by atoms with Crippen LogP contribution in [-0.2, 0) is 4.79 Å². The average Bonchev–Trinajstić information content (AvgIpc) is 3.15. The Hall–Kier alpha value is -2.15. The van der Waals surface area contributed by atoms with Crippen LogP contribution in [0.15, 0.2) is 18.2 Å². The Kier molecular flexibility index (Phi) is 8.03. The number of hydrogen-bond donors (Lipinski definition) is 3. The number of carbonyl (C=O) groups is 2. The molecule has 0 bridgehead atoms. The predicted octanol–water partition coefficient (Wildman–Crippen LogP) is 3.81. The Morgan fingerprint density at radius 1 is 1.15 bits per heavy atom. The van der Waals surface area contributed by atoms with Crippen molar-refractivity contribution >= 4 is 23.3 Å². The summed E-state index contributed by atoms with van der Waals surface area (Å²) < 4.78 is 14.0. The fourth-order valence-corrected chi connectivity index (χ4v) is 3.77. The van der Waals surface area contributed by atoms with E-state index < -0.39 is 11.8 Å². The van der Waals surface area contributed by atoms with Crippen molar-refractivity contribution < 1.29 is 14.0 Å². The van der Waals surface area contributed by atoms with E-state index in [0.717, 1.165) is 25.9 Å². The molecule has 1 aliphatic rings. The summed E-state index contributed by atoms with van der Waals surface area (Å²) in [6.45, 7) is 8.40. The minimum atomic E-state index is -0.546. The second-order valence-electron chi connectivity index (χ2n) is 7.10. The van der Waals surface area contributed by atoms with Gasteiger partial charge >= 0.3 is 6.03 Å². The van der Waals surface area contributed by atoms with Crippen LogP contribution in [0.3, 0.4) is 0 Å². The number of likely N-dealkylation sites (tertiary alicyclic amines) is 1. The van der Waals surface area contributed by atoms with Crippen LogP contribution in [-0.4, -0.2) is 42.5 Å². The molecule has 1 heterocycles. The molecule has 0 aliphatic carbocycles. The molecule has 1 aromatic rings. The lowest BCUT2D eigenvalue weighted by Gasteiger charge is -2.33. The molecule has 2 rings (SSSR count). The number of anilines is 2. The van der Waals surface area contributed by atoms with Gasteiger partial charge in [0.1, 0.15) is 5.82 Å². The second-order valence-corrected chi connectivity index (χ2v) is 7.10. The highest BCUT2D eigenvalue weighted by Crippen LogP contribution is 2.23. The van der Waals surface area contributed by atoms with Gasteiger partial charge in [-0.05, 0) is 50.0 Å². The maximum atomic E-state index is 14.0. The number of urea groups is 1. The molecule has 0 radical (unpaired) electrons. The van der Waals surface area contributed by atoms with Crippen molar-refractivity contribution in [1.82, 2.24) is 10.2 Å². The highest BCUT2D eigenvalue weighted by atomic mass is 19.1. The molecule has 1 aliphatic heterocycles. The summed E-state index contributed by atoms with van der Waals surface area (Å²) in [6, 6.07) is 3.94. The molecule has 1 saturated heterocycles. The molecule has 0 saturated carbocycles. The third-order valence-corrected chi connectivity index (χ3v) is 5.21. The molecular weight excluding hydrogens is 347 g/mol. The van der Waals surface area contributed by atoms with Gasteiger partial charge in [0.05, 0.1) is 5.69 Å². The summed E-state index contributed by atoms with van der Waals surface area (Å²) in [7, 11) is 0. The van der Waals surface area contributed by atoms with E-state index in [1.54, 1.807) is 0 Å². The van der Waals surface area contributed by atoms with E-state index in [1.165, 1.54) is 38.0 Å². The summed E-state index contributed by atoms with van der Waals surface area (Å²) in [6.07, 6.45) is 4.52. The Morgan fingerprint density at radius 3 is 2.41 bits per heavy atom. The zero-order chi connectivity index (χ0) is 19.8. The van der Waals surface area contributed by atoms with Crippen LogP contribution in [0.5, 0.6) is 0 Å². The van der Waals surface area contributed by atoms with Crippen LogP contribution < -0.4 is 16.0 Å². The number of hydrogen-bond acceptors (Lipinski definition) is 3. The quantitative estimate of drug-likeness (QED) is 0.644. The molecule has 1 fully saturated rings. The average molecular weight is 378 g/mol. The molecule has 150 valence electrons. The smallest absolute Gasteiger partial charge is 0.319 e. The number of halogens is 1. The van der Waals surface area contributed by atoms with E-state index in [0.29, 0.717) is 24.2 Å². The summed E-state index contributed by atoms with van der Waals surface area (Å²) in [5, 5.41) is 8.03. The van der Waals surface area contributed by atoms with Crippen molar-refractivity contribution in [2.24, 2.45) is 5.92 Å². The van der Waals surface area contributed by atoms with E-state index in [4.69, 9.17) is 0 Å². The first-order chi connectivity index (χ1) is 12.9. The Labute approximate surface area is 160 Å². The largest absolute Gasteiger partial charge is 0.336 e. The lowest BCUT2D eigenvalue weighted by Crippen LogP contribution is -2.47. The molecule has 6 nitrogen and oxygen atoms in total. The lowest BCUT2D eigenvalue weighted by atomic mass is 9.93. The predicted molar refractivity (Wildman–Crippen MR) is 106 cm³/mol. The maximum absolute atomic E-state index is 14.0. The van der Waals surface area contributed by atoms with Gasteiger partial charge in [0.25, 0.3) is 0 Å². The van der Waals surface area contributed by atoms with Gasteiger partial charge in [-0.3, -0.25) is 9.69 Å². The summed E-state index contributed by atoms with van der Waals surface area (Å²) in [4.78, 5) is 25.9. The van der Waals surface area contributed by atoms with Crippen molar-refractivity contribution in [3.8, 4) is 0 Å². The third kappa shape index (κ3) is 6.20. The van der Waals surface area contributed by atoms with Crippen LogP contribution in [0, 0.1) is 11.7 Å². The molecular formula is C20H31FN4O2. The first-order valence-electron chi connectivity index (χ1n) is 9.80. The van der Waals surface area contributed by atoms with E-state index in [9.17, 15) is 14.0 Å². The Morgan fingerprint density at radius 2 is 1.81 bits per heavy atom. The van der Waals surface area contributed by atoms with Crippen LogP contribution in [0.2, 0.25) is 0 Å². The van der Waals surface area contributed by atoms with Gasteiger partial charge in [0.2, 0.25) is 5.91 Å². The molecule has 1 aromatic carbocycles. The normalized spacial score (nSPS) is 15.6. The zero-order valence-electron chi connectivity index (χ0n) is 16.5. The third-order valence-electron chi connectivity index (χ3n) is 5.21. The molecule has 0 unspecified atom stereocenters. The van der Waals surface area contributed by atoms with Gasteiger partial charge in [-0.2, -0.15) is 0 Å². The fraction of sp³-hybridized carbons (Fsp3) is 0.600. The number of benzene rings is 1. The fourth-order valence-electron chi connectivity index (χ4n) is 3.77. The topological polar surface area (TPSA) is 73.5 Å². The zero-order valence-corrected chi connectivity index (χ0v) is 16.5. The van der Waals surface area contributed by atoms with E-state index in [1.807, 2.05) is 0 Å². The summed E-state index contributed by atoms with van der Waals surface area (Å²) >= 11 is 0. The van der Waals surface area contributed by atoms with Gasteiger partial charge in [-0.15, -0.1) is 0 Å². The lowest BCUT2D eigenvalue weighted by molar-refractivity contribution is -0.114. The van der Waals surface area contributed by atoms with Gasteiger partial charge in [-0.1, -0.05) is 26.7 Å². The molecule has 7 heteroatoms. The van der Waals surface area contributed by atoms with E-state index in [2.05, 4.69) is 34.7 Å². The first-order valence-corrected chi connectivity index (χ1v) is 9.80. The van der Waals surface area contributed by atoms with Crippen molar-refractivity contribution in [2.45, 2.75) is 52.5 Å². The number of carbonyl (C=O) groups excluding carboxylic acids is 2. The first kappa shape index (κ1) is 21.2. The Bertz CT molecular complexity index is 641. The molecule has 1 atom stereocenters. The van der Waals surface area contributed by atoms with E-state index in [-0.39, 0.29) is 11.6 Å². The SMILES string of the molecule is CCC(CC)[C@H](CNC(=O)Nc1cc(NC(C)=O)ccc1F)N1CCCC1. The molecule has 3 N–H and O–H groups in total. The number of amides is 3. The van der Waals surface area contributed by atoms with Crippen molar-refractivity contribution in [3.63, 3.8) is 0 Å². The van der Waals surface area contributed by atoms with Crippen LogP contribution in [0.25, 0.3) is 0 Å². The van der Waals surface area contributed by atoms with Crippen molar-refractivity contribution in [3.05, 3.63) is 24.0 Å². The minimum absolute atomic E-state index is 0.0407. The number of nitrogens with zero attached hydrogens (tertiary/aromatic N) is 1. The Balaban J connectivity index is 1.98. The summed E-state index contributed by atoms with van der Waals surface area (Å²) in [5.41, 5.74) is 0.477. The van der Waals surface area contributed by atoms with Crippen LogP contribution in [0.4, 0.5) is 20.6 Å². The highest BCUT2D eigenvalue weighted by Gasteiger charge is 2.27. The summed E-state index contributed by atoms with van der Waals surface area (Å²) in [5.74, 6) is -0.283. The van der Waals surface area contributed by atoms with Crippen molar-refractivity contribution in [1.29, 1.82) is 0 Å². The van der Waals surface area contributed by atoms with E-state index >= 15 is 0 Å². The molecule has 0 spiro atoms. The monoisotopic (exact) mass is 378 g/mol. The maximum Gasteiger partial charge on any atom is 0.319 e.